The Morgan fingerprint density at radius 1 is 1.19 bits per heavy atom. The predicted molar refractivity (Wildman–Crippen MR) is 84.7 cm³/mol. The number of hydrogen-bond acceptors (Lipinski definition) is 2. The molecule has 3 nitrogen and oxygen atoms in total. The van der Waals surface area contributed by atoms with Crippen molar-refractivity contribution in [2.75, 3.05) is 6.61 Å². The second kappa shape index (κ2) is 7.14. The van der Waals surface area contributed by atoms with Gasteiger partial charge in [0, 0.05) is 11.6 Å². The third-order valence-electron chi connectivity index (χ3n) is 3.14. The van der Waals surface area contributed by atoms with Gasteiger partial charge in [-0.3, -0.25) is 4.79 Å². The first kappa shape index (κ1) is 15.4. The number of halogens is 1. The first-order valence-corrected chi connectivity index (χ1v) is 7.14. The Hall–Kier alpha value is -2.00. The van der Waals surface area contributed by atoms with Crippen LogP contribution in [0.4, 0.5) is 0 Å². The molecule has 0 saturated carbocycles. The third-order valence-corrected chi connectivity index (χ3v) is 3.50. The van der Waals surface area contributed by atoms with Gasteiger partial charge in [0.15, 0.2) is 6.61 Å². The van der Waals surface area contributed by atoms with Gasteiger partial charge in [-0.05, 0) is 42.7 Å². The fourth-order valence-electron chi connectivity index (χ4n) is 1.89. The van der Waals surface area contributed by atoms with Crippen LogP contribution in [-0.2, 0) is 11.3 Å². The van der Waals surface area contributed by atoms with Crippen LogP contribution in [0, 0.1) is 13.8 Å². The van der Waals surface area contributed by atoms with Crippen LogP contribution in [0.3, 0.4) is 0 Å². The van der Waals surface area contributed by atoms with Crippen molar-refractivity contribution in [3.63, 3.8) is 0 Å². The molecule has 0 heterocycles. The zero-order valence-electron chi connectivity index (χ0n) is 12.2. The molecule has 2 rings (SSSR count). The first-order valence-electron chi connectivity index (χ1n) is 6.76. The van der Waals surface area contributed by atoms with Crippen LogP contribution in [-0.4, -0.2) is 12.5 Å². The van der Waals surface area contributed by atoms with Gasteiger partial charge in [0.2, 0.25) is 0 Å². The summed E-state index contributed by atoms with van der Waals surface area (Å²) < 4.78 is 5.55. The second-order valence-corrected chi connectivity index (χ2v) is 5.33. The Kier molecular flexibility index (Phi) is 5.23. The van der Waals surface area contributed by atoms with Gasteiger partial charge in [-0.15, -0.1) is 0 Å². The van der Waals surface area contributed by atoms with Crippen LogP contribution in [0.25, 0.3) is 0 Å². The van der Waals surface area contributed by atoms with Crippen molar-refractivity contribution in [1.29, 1.82) is 0 Å². The summed E-state index contributed by atoms with van der Waals surface area (Å²) in [5.41, 5.74) is 3.01. The summed E-state index contributed by atoms with van der Waals surface area (Å²) in [5, 5.41) is 3.44. The first-order chi connectivity index (χ1) is 10.1. The van der Waals surface area contributed by atoms with E-state index >= 15 is 0 Å². The van der Waals surface area contributed by atoms with Crippen molar-refractivity contribution in [1.82, 2.24) is 5.32 Å². The van der Waals surface area contributed by atoms with Gasteiger partial charge in [-0.2, -0.15) is 0 Å². The minimum atomic E-state index is -0.171. The molecule has 2 aromatic carbocycles. The van der Waals surface area contributed by atoms with Gasteiger partial charge in [0.1, 0.15) is 5.75 Å². The highest BCUT2D eigenvalue weighted by Gasteiger charge is 2.06. The van der Waals surface area contributed by atoms with E-state index in [-0.39, 0.29) is 12.5 Å². The molecular weight excluding hydrogens is 286 g/mol. The van der Waals surface area contributed by atoms with Crippen LogP contribution in [0.2, 0.25) is 5.02 Å². The second-order valence-electron chi connectivity index (χ2n) is 4.93. The Morgan fingerprint density at radius 2 is 1.95 bits per heavy atom. The number of ether oxygens (including phenoxy) is 1. The van der Waals surface area contributed by atoms with E-state index in [1.54, 1.807) is 6.07 Å². The summed E-state index contributed by atoms with van der Waals surface area (Å²) in [5.74, 6) is 0.568. The predicted octanol–water partition coefficient (Wildman–Crippen LogP) is 3.65. The lowest BCUT2D eigenvalue weighted by molar-refractivity contribution is -0.123. The number of hydrogen-bond donors (Lipinski definition) is 1. The Labute approximate surface area is 129 Å². The fourth-order valence-corrected chi connectivity index (χ4v) is 2.10. The lowest BCUT2D eigenvalue weighted by Crippen LogP contribution is -2.28. The van der Waals surface area contributed by atoms with E-state index in [1.807, 2.05) is 50.2 Å². The number of amides is 1. The molecule has 0 unspecified atom stereocenters. The smallest absolute Gasteiger partial charge is 0.258 e. The number of nitrogens with one attached hydrogen (secondary N) is 1. The van der Waals surface area contributed by atoms with Gasteiger partial charge >= 0.3 is 0 Å². The standard InChI is InChI=1S/C17H18ClNO2/c1-12-7-8-13(2)16(9-12)21-11-17(20)19-10-14-5-3-4-6-15(14)18/h3-9H,10-11H2,1-2H3,(H,19,20). The lowest BCUT2D eigenvalue weighted by atomic mass is 10.1. The minimum Gasteiger partial charge on any atom is -0.483 e. The van der Waals surface area contributed by atoms with E-state index < -0.39 is 0 Å². The molecule has 0 fully saturated rings. The van der Waals surface area contributed by atoms with Gasteiger partial charge in [0.05, 0.1) is 0 Å². The van der Waals surface area contributed by atoms with Crippen LogP contribution in [0.1, 0.15) is 16.7 Å². The van der Waals surface area contributed by atoms with Gasteiger partial charge < -0.3 is 10.1 Å². The normalized spacial score (nSPS) is 10.2. The zero-order valence-corrected chi connectivity index (χ0v) is 12.9. The van der Waals surface area contributed by atoms with Crippen LogP contribution in [0.5, 0.6) is 5.75 Å². The van der Waals surface area contributed by atoms with Crippen molar-refractivity contribution >= 4 is 17.5 Å². The van der Waals surface area contributed by atoms with Crippen molar-refractivity contribution in [2.24, 2.45) is 0 Å². The molecule has 0 aliphatic rings. The summed E-state index contributed by atoms with van der Waals surface area (Å²) in [6, 6.07) is 13.4. The maximum Gasteiger partial charge on any atom is 0.258 e. The maximum atomic E-state index is 11.8. The van der Waals surface area contributed by atoms with Crippen molar-refractivity contribution < 1.29 is 9.53 Å². The molecule has 0 atom stereocenters. The van der Waals surface area contributed by atoms with Gasteiger partial charge in [-0.1, -0.05) is 41.9 Å². The largest absolute Gasteiger partial charge is 0.483 e. The highest BCUT2D eigenvalue weighted by Crippen LogP contribution is 2.19. The molecule has 0 saturated heterocycles. The molecule has 4 heteroatoms. The monoisotopic (exact) mass is 303 g/mol. The summed E-state index contributed by atoms with van der Waals surface area (Å²) in [6.07, 6.45) is 0. The Bertz CT molecular complexity index is 640. The van der Waals surface area contributed by atoms with E-state index in [4.69, 9.17) is 16.3 Å². The zero-order chi connectivity index (χ0) is 15.2. The molecule has 1 N–H and O–H groups in total. The molecule has 0 radical (unpaired) electrons. The summed E-state index contributed by atoms with van der Waals surface area (Å²) in [4.78, 5) is 11.8. The highest BCUT2D eigenvalue weighted by atomic mass is 35.5. The van der Waals surface area contributed by atoms with Crippen LogP contribution in [0.15, 0.2) is 42.5 Å². The van der Waals surface area contributed by atoms with E-state index in [0.29, 0.717) is 11.6 Å². The summed E-state index contributed by atoms with van der Waals surface area (Å²) >= 11 is 6.04. The third kappa shape index (κ3) is 4.50. The number of aryl methyl sites for hydroxylation is 2. The quantitative estimate of drug-likeness (QED) is 0.915. The Morgan fingerprint density at radius 3 is 2.71 bits per heavy atom. The molecule has 0 aliphatic heterocycles. The van der Waals surface area contributed by atoms with Crippen molar-refractivity contribution in [3.05, 3.63) is 64.2 Å². The average Bonchev–Trinajstić information content (AvgIpc) is 2.47. The molecule has 0 bridgehead atoms. The average molecular weight is 304 g/mol. The molecule has 0 spiro atoms. The molecular formula is C17H18ClNO2. The van der Waals surface area contributed by atoms with Gasteiger partial charge in [0.25, 0.3) is 5.91 Å². The van der Waals surface area contributed by atoms with Crippen LogP contribution < -0.4 is 10.1 Å². The van der Waals surface area contributed by atoms with Crippen molar-refractivity contribution in [3.8, 4) is 5.75 Å². The molecule has 1 amide bonds. The maximum absolute atomic E-state index is 11.8. The molecule has 21 heavy (non-hydrogen) atoms. The van der Waals surface area contributed by atoms with Crippen molar-refractivity contribution in [2.45, 2.75) is 20.4 Å². The van der Waals surface area contributed by atoms with E-state index in [1.165, 1.54) is 0 Å². The Balaban J connectivity index is 1.85. The summed E-state index contributed by atoms with van der Waals surface area (Å²) in [6.45, 7) is 4.34. The minimum absolute atomic E-state index is 0.00521. The van der Waals surface area contributed by atoms with E-state index in [9.17, 15) is 4.79 Å². The number of benzene rings is 2. The van der Waals surface area contributed by atoms with E-state index in [0.717, 1.165) is 22.4 Å². The van der Waals surface area contributed by atoms with Gasteiger partial charge in [-0.25, -0.2) is 0 Å². The number of carbonyl (C=O) groups excluding carboxylic acids is 1. The molecule has 0 aliphatic carbocycles. The number of rotatable bonds is 5. The fraction of sp³-hybridized carbons (Fsp3) is 0.235. The molecule has 110 valence electrons. The van der Waals surface area contributed by atoms with Crippen LogP contribution >= 0.6 is 11.6 Å². The van der Waals surface area contributed by atoms with E-state index in [2.05, 4.69) is 5.32 Å². The topological polar surface area (TPSA) is 38.3 Å². The SMILES string of the molecule is Cc1ccc(C)c(OCC(=O)NCc2ccccc2Cl)c1. The molecule has 2 aromatic rings. The lowest BCUT2D eigenvalue weighted by Gasteiger charge is -2.11. The highest BCUT2D eigenvalue weighted by molar-refractivity contribution is 6.31. The summed E-state index contributed by atoms with van der Waals surface area (Å²) in [7, 11) is 0. The molecule has 0 aromatic heterocycles. The number of carbonyl (C=O) groups is 1.